The van der Waals surface area contributed by atoms with Gasteiger partial charge in [0.1, 0.15) is 10.6 Å². The highest BCUT2D eigenvalue weighted by Gasteiger charge is 2.16. The summed E-state index contributed by atoms with van der Waals surface area (Å²) in [6.45, 7) is 0. The normalized spacial score (nSPS) is 11.1. The Balaban J connectivity index is 2.40. The molecule has 23 heavy (non-hydrogen) atoms. The molecule has 0 aliphatic carbocycles. The van der Waals surface area contributed by atoms with Gasteiger partial charge in [0.15, 0.2) is 0 Å². The number of nitrogens with two attached hydrogens (primary N) is 1. The van der Waals surface area contributed by atoms with E-state index in [0.717, 1.165) is 0 Å². The zero-order chi connectivity index (χ0) is 17.2. The Labute approximate surface area is 137 Å². The number of ether oxygens (including phenoxy) is 1. The van der Waals surface area contributed by atoms with Crippen molar-refractivity contribution < 1.29 is 18.1 Å². The average molecular weight is 358 g/mol. The first-order valence-corrected chi connectivity index (χ1v) is 8.06. The largest absolute Gasteiger partial charge is 0.495 e. The van der Waals surface area contributed by atoms with E-state index in [4.69, 9.17) is 21.5 Å². The molecule has 0 saturated carbocycles. The highest BCUT2D eigenvalue weighted by Crippen LogP contribution is 2.32. The van der Waals surface area contributed by atoms with Crippen LogP contribution in [0.25, 0.3) is 0 Å². The highest BCUT2D eigenvalue weighted by molar-refractivity contribution is 7.89. The van der Waals surface area contributed by atoms with Crippen molar-refractivity contribution in [1.29, 1.82) is 0 Å². The fourth-order valence-corrected chi connectivity index (χ4v) is 2.80. The molecule has 3 N–H and O–H groups in total. The van der Waals surface area contributed by atoms with Gasteiger partial charge in [-0.05, 0) is 24.3 Å². The number of anilines is 2. The maximum absolute atomic E-state index is 11.6. The lowest BCUT2D eigenvalue weighted by Gasteiger charge is -2.12. The third-order valence-electron chi connectivity index (χ3n) is 2.91. The molecule has 2 aromatic rings. The Bertz CT molecular complexity index is 870. The van der Waals surface area contributed by atoms with Crippen LogP contribution in [0, 0.1) is 10.1 Å². The fourth-order valence-electron chi connectivity index (χ4n) is 1.85. The summed E-state index contributed by atoms with van der Waals surface area (Å²) >= 11 is 5.98. The van der Waals surface area contributed by atoms with Crippen molar-refractivity contribution in [3.8, 4) is 5.75 Å². The van der Waals surface area contributed by atoms with Crippen molar-refractivity contribution in [2.75, 3.05) is 12.4 Å². The van der Waals surface area contributed by atoms with E-state index in [1.54, 1.807) is 6.07 Å². The second kappa shape index (κ2) is 6.41. The second-order valence-corrected chi connectivity index (χ2v) is 6.39. The number of primary sulfonamides is 1. The first-order valence-electron chi connectivity index (χ1n) is 6.14. The maximum atomic E-state index is 11.6. The number of rotatable bonds is 5. The van der Waals surface area contributed by atoms with Crippen molar-refractivity contribution in [1.82, 2.24) is 0 Å². The van der Waals surface area contributed by atoms with E-state index >= 15 is 0 Å². The molecule has 8 nitrogen and oxygen atoms in total. The summed E-state index contributed by atoms with van der Waals surface area (Å²) in [5, 5.41) is 18.8. The Hall–Kier alpha value is -2.36. The lowest BCUT2D eigenvalue weighted by Crippen LogP contribution is -2.13. The Kier molecular flexibility index (Phi) is 4.73. The van der Waals surface area contributed by atoms with Gasteiger partial charge >= 0.3 is 0 Å². The van der Waals surface area contributed by atoms with Crippen molar-refractivity contribution in [2.45, 2.75) is 4.90 Å². The molecule has 0 unspecified atom stereocenters. The number of halogens is 1. The molecule has 0 spiro atoms. The van der Waals surface area contributed by atoms with Gasteiger partial charge in [0.05, 0.1) is 22.7 Å². The van der Waals surface area contributed by atoms with E-state index < -0.39 is 14.9 Å². The molecule has 0 aliphatic heterocycles. The number of nitro benzene ring substituents is 1. The molecule has 0 atom stereocenters. The first-order chi connectivity index (χ1) is 10.7. The van der Waals surface area contributed by atoms with E-state index in [9.17, 15) is 18.5 Å². The Morgan fingerprint density at radius 3 is 2.48 bits per heavy atom. The number of benzene rings is 2. The van der Waals surface area contributed by atoms with Crippen molar-refractivity contribution in [3.05, 3.63) is 51.5 Å². The minimum atomic E-state index is -3.98. The molecule has 0 saturated heterocycles. The molecule has 122 valence electrons. The van der Waals surface area contributed by atoms with Gasteiger partial charge in [0, 0.05) is 17.8 Å². The minimum Gasteiger partial charge on any atom is -0.495 e. The van der Waals surface area contributed by atoms with Crippen LogP contribution in [0.5, 0.6) is 5.75 Å². The van der Waals surface area contributed by atoms with Crippen molar-refractivity contribution >= 4 is 38.7 Å². The standard InChI is InChI=1S/C13H12ClN3O5S/c1-22-12-5-2-8(6-13(12)23(15,20)21)16-11-4-3-9(17(18)19)7-10(11)14/h2-7,16H,1H3,(H2,15,20,21). The third-order valence-corrected chi connectivity index (χ3v) is 4.16. The minimum absolute atomic E-state index is 0.104. The summed E-state index contributed by atoms with van der Waals surface area (Å²) in [6.07, 6.45) is 0. The van der Waals surface area contributed by atoms with Crippen LogP contribution in [-0.4, -0.2) is 20.5 Å². The molecule has 0 radical (unpaired) electrons. The van der Waals surface area contributed by atoms with Gasteiger partial charge in [-0.25, -0.2) is 13.6 Å². The summed E-state index contributed by atoms with van der Waals surface area (Å²) in [7, 11) is -2.65. The van der Waals surface area contributed by atoms with E-state index in [1.165, 1.54) is 37.4 Å². The predicted octanol–water partition coefficient (Wildman–Crippen LogP) is 2.65. The van der Waals surface area contributed by atoms with Gasteiger partial charge in [0.2, 0.25) is 10.0 Å². The summed E-state index contributed by atoms with van der Waals surface area (Å²) < 4.78 is 28.1. The topological polar surface area (TPSA) is 125 Å². The molecule has 0 fully saturated rings. The Morgan fingerprint density at radius 1 is 1.26 bits per heavy atom. The molecule has 2 aromatic carbocycles. The quantitative estimate of drug-likeness (QED) is 0.626. The van der Waals surface area contributed by atoms with Gasteiger partial charge in [-0.2, -0.15) is 0 Å². The van der Waals surface area contributed by atoms with E-state index in [0.29, 0.717) is 11.4 Å². The van der Waals surface area contributed by atoms with Crippen molar-refractivity contribution in [2.24, 2.45) is 5.14 Å². The van der Waals surface area contributed by atoms with Crippen LogP contribution in [0.15, 0.2) is 41.3 Å². The van der Waals surface area contributed by atoms with Gasteiger partial charge < -0.3 is 10.1 Å². The predicted molar refractivity (Wildman–Crippen MR) is 85.8 cm³/mol. The lowest BCUT2D eigenvalue weighted by atomic mass is 10.2. The van der Waals surface area contributed by atoms with Gasteiger partial charge in [-0.15, -0.1) is 0 Å². The molecular formula is C13H12ClN3O5S. The second-order valence-electron chi connectivity index (χ2n) is 4.46. The summed E-state index contributed by atoms with van der Waals surface area (Å²) in [5.41, 5.74) is 0.605. The number of nitrogens with zero attached hydrogens (tertiary/aromatic N) is 1. The number of methoxy groups -OCH3 is 1. The third kappa shape index (κ3) is 3.89. The number of hydrogen-bond acceptors (Lipinski definition) is 6. The smallest absolute Gasteiger partial charge is 0.271 e. The fraction of sp³-hybridized carbons (Fsp3) is 0.0769. The summed E-state index contributed by atoms with van der Waals surface area (Å²) in [6, 6.07) is 8.16. The van der Waals surface area contributed by atoms with Gasteiger partial charge in [0.25, 0.3) is 5.69 Å². The SMILES string of the molecule is COc1ccc(Nc2ccc([N+](=O)[O-])cc2Cl)cc1S(N)(=O)=O. The van der Waals surface area contributed by atoms with Gasteiger partial charge in [-0.1, -0.05) is 11.6 Å². The number of nitro groups is 1. The van der Waals surface area contributed by atoms with Crippen LogP contribution in [0.1, 0.15) is 0 Å². The number of hydrogen-bond donors (Lipinski definition) is 2. The number of nitrogens with one attached hydrogen (secondary N) is 1. The van der Waals surface area contributed by atoms with Crippen LogP contribution in [0.2, 0.25) is 5.02 Å². The Morgan fingerprint density at radius 2 is 1.96 bits per heavy atom. The molecule has 10 heteroatoms. The van der Waals surface area contributed by atoms with Crippen LogP contribution in [0.3, 0.4) is 0 Å². The molecule has 0 amide bonds. The van der Waals surface area contributed by atoms with E-state index in [-0.39, 0.29) is 21.4 Å². The van der Waals surface area contributed by atoms with Gasteiger partial charge in [-0.3, -0.25) is 10.1 Å². The monoisotopic (exact) mass is 357 g/mol. The molecule has 2 rings (SSSR count). The summed E-state index contributed by atoms with van der Waals surface area (Å²) in [5.74, 6) is 0.104. The molecule has 0 bridgehead atoms. The molecule has 0 aromatic heterocycles. The van der Waals surface area contributed by atoms with Crippen molar-refractivity contribution in [3.63, 3.8) is 0 Å². The van der Waals surface area contributed by atoms with E-state index in [2.05, 4.69) is 5.32 Å². The van der Waals surface area contributed by atoms with Crippen LogP contribution in [-0.2, 0) is 10.0 Å². The zero-order valence-electron chi connectivity index (χ0n) is 11.8. The number of sulfonamides is 1. The molecule has 0 heterocycles. The van der Waals surface area contributed by atoms with Crippen LogP contribution < -0.4 is 15.2 Å². The number of non-ortho nitro benzene ring substituents is 1. The van der Waals surface area contributed by atoms with Crippen LogP contribution in [0.4, 0.5) is 17.1 Å². The molecular weight excluding hydrogens is 346 g/mol. The molecule has 0 aliphatic rings. The van der Waals surface area contributed by atoms with Crippen LogP contribution >= 0.6 is 11.6 Å². The first kappa shape index (κ1) is 17.0. The lowest BCUT2D eigenvalue weighted by molar-refractivity contribution is -0.384. The average Bonchev–Trinajstić information content (AvgIpc) is 2.48. The zero-order valence-corrected chi connectivity index (χ0v) is 13.4. The van der Waals surface area contributed by atoms with E-state index in [1.807, 2.05) is 0 Å². The summed E-state index contributed by atoms with van der Waals surface area (Å²) in [4.78, 5) is 9.92. The highest BCUT2D eigenvalue weighted by atomic mass is 35.5. The maximum Gasteiger partial charge on any atom is 0.271 e.